The van der Waals surface area contributed by atoms with E-state index in [1.807, 2.05) is 6.08 Å². The third-order valence-electron chi connectivity index (χ3n) is 2.00. The maximum absolute atomic E-state index is 6.06. The number of hydrogen-bond donors (Lipinski definition) is 0. The summed E-state index contributed by atoms with van der Waals surface area (Å²) in [5, 5.41) is 1.14. The molecule has 0 N–H and O–H groups in total. The minimum Gasteiger partial charge on any atom is -0.385 e. The van der Waals surface area contributed by atoms with E-state index < -0.39 is 0 Å². The van der Waals surface area contributed by atoms with E-state index in [-0.39, 0.29) is 11.3 Å². The van der Waals surface area contributed by atoms with Gasteiger partial charge in [-0.3, -0.25) is 0 Å². The molecule has 0 aromatic rings. The second-order valence-electron chi connectivity index (χ2n) is 2.89. The Morgan fingerprint density at radius 1 is 1.46 bits per heavy atom. The summed E-state index contributed by atoms with van der Waals surface area (Å²) in [6.45, 7) is 0.641. The van der Waals surface area contributed by atoms with Gasteiger partial charge in [0.2, 0.25) is 0 Å². The number of ether oxygens (including phenoxy) is 1. The first kappa shape index (κ1) is 11.4. The molecule has 1 aliphatic rings. The maximum atomic E-state index is 6.06. The van der Waals surface area contributed by atoms with Crippen molar-refractivity contribution in [1.29, 1.82) is 0 Å². The third kappa shape index (κ3) is 2.88. The Morgan fingerprint density at radius 3 is 2.77 bits per heavy atom. The highest BCUT2D eigenvalue weighted by Gasteiger charge is 2.25. The minimum atomic E-state index is -0.0786. The Bertz CT molecular complexity index is 235. The van der Waals surface area contributed by atoms with Crippen molar-refractivity contribution in [2.45, 2.75) is 11.8 Å². The highest BCUT2D eigenvalue weighted by Crippen LogP contribution is 2.35. The van der Waals surface area contributed by atoms with E-state index in [0.717, 1.165) is 6.42 Å². The molecule has 0 saturated heterocycles. The van der Waals surface area contributed by atoms with Crippen molar-refractivity contribution in [3.8, 4) is 0 Å². The van der Waals surface area contributed by atoms with Crippen molar-refractivity contribution in [2.24, 2.45) is 5.92 Å². The number of hydrogen-bond acceptors (Lipinski definition) is 1. The second-order valence-corrected chi connectivity index (χ2v) is 4.21. The van der Waals surface area contributed by atoms with Crippen LogP contribution in [0.25, 0.3) is 0 Å². The molecule has 13 heavy (non-hydrogen) atoms. The Morgan fingerprint density at radius 2 is 2.15 bits per heavy atom. The fraction of sp³-hybridized carbons (Fsp3) is 0.556. The van der Waals surface area contributed by atoms with Gasteiger partial charge in [0.05, 0.1) is 10.4 Å². The van der Waals surface area contributed by atoms with E-state index >= 15 is 0 Å². The van der Waals surface area contributed by atoms with Gasteiger partial charge in [0.1, 0.15) is 0 Å². The highest BCUT2D eigenvalue weighted by atomic mass is 35.5. The van der Waals surface area contributed by atoms with Crippen LogP contribution in [0.4, 0.5) is 0 Å². The van der Waals surface area contributed by atoms with Crippen LogP contribution < -0.4 is 0 Å². The Balaban J connectivity index is 2.66. The summed E-state index contributed by atoms with van der Waals surface area (Å²) >= 11 is 17.9. The van der Waals surface area contributed by atoms with Crippen LogP contribution >= 0.6 is 34.8 Å². The molecule has 0 aromatic heterocycles. The molecular weight excluding hydrogens is 230 g/mol. The fourth-order valence-electron chi connectivity index (χ4n) is 1.24. The summed E-state index contributed by atoms with van der Waals surface area (Å²) in [6.07, 6.45) is 4.39. The van der Waals surface area contributed by atoms with Crippen LogP contribution in [0.1, 0.15) is 6.42 Å². The molecule has 0 spiro atoms. The lowest BCUT2D eigenvalue weighted by molar-refractivity contribution is 0.184. The SMILES string of the molecule is COCCC1C(Cl)=C(Cl)C=CC1Cl. The van der Waals surface area contributed by atoms with Crippen LogP contribution in [0.2, 0.25) is 0 Å². The second kappa shape index (κ2) is 5.26. The molecule has 0 amide bonds. The van der Waals surface area contributed by atoms with Crippen molar-refractivity contribution in [1.82, 2.24) is 0 Å². The van der Waals surface area contributed by atoms with Crippen LogP contribution in [0.3, 0.4) is 0 Å². The predicted octanol–water partition coefficient (Wildman–Crippen LogP) is 3.51. The molecule has 0 fully saturated rings. The molecule has 2 unspecified atom stereocenters. The first-order valence-electron chi connectivity index (χ1n) is 4.03. The minimum absolute atomic E-state index is 0.0786. The Hall–Kier alpha value is 0.310. The number of halogens is 3. The van der Waals surface area contributed by atoms with Gasteiger partial charge in [-0.2, -0.15) is 0 Å². The zero-order chi connectivity index (χ0) is 9.84. The zero-order valence-electron chi connectivity index (χ0n) is 7.27. The van der Waals surface area contributed by atoms with Crippen LogP contribution in [0.5, 0.6) is 0 Å². The van der Waals surface area contributed by atoms with E-state index in [0.29, 0.717) is 16.7 Å². The summed E-state index contributed by atoms with van der Waals surface area (Å²) in [4.78, 5) is 0. The standard InChI is InChI=1S/C9H11Cl3O/c1-13-5-4-6-7(10)2-3-8(11)9(6)12/h2-3,6-7H,4-5H2,1H3. The average molecular weight is 242 g/mol. The van der Waals surface area contributed by atoms with E-state index in [9.17, 15) is 0 Å². The van der Waals surface area contributed by atoms with Gasteiger partial charge in [-0.25, -0.2) is 0 Å². The predicted molar refractivity (Wildman–Crippen MR) is 57.5 cm³/mol. The van der Waals surface area contributed by atoms with E-state index in [1.165, 1.54) is 0 Å². The van der Waals surface area contributed by atoms with Crippen molar-refractivity contribution in [3.05, 3.63) is 22.2 Å². The molecule has 74 valence electrons. The molecule has 4 heteroatoms. The van der Waals surface area contributed by atoms with Gasteiger partial charge in [0, 0.05) is 24.7 Å². The van der Waals surface area contributed by atoms with Crippen LogP contribution in [0, 0.1) is 5.92 Å². The van der Waals surface area contributed by atoms with E-state index in [1.54, 1.807) is 13.2 Å². The smallest absolute Gasteiger partial charge is 0.0598 e. The lowest BCUT2D eigenvalue weighted by Crippen LogP contribution is -2.18. The van der Waals surface area contributed by atoms with Gasteiger partial charge >= 0.3 is 0 Å². The molecule has 1 aliphatic carbocycles. The molecule has 0 heterocycles. The fourth-order valence-corrected chi connectivity index (χ4v) is 2.15. The van der Waals surface area contributed by atoms with Gasteiger partial charge in [-0.1, -0.05) is 29.3 Å². The topological polar surface area (TPSA) is 9.23 Å². The summed E-state index contributed by atoms with van der Waals surface area (Å²) in [7, 11) is 1.65. The highest BCUT2D eigenvalue weighted by molar-refractivity contribution is 6.41. The lowest BCUT2D eigenvalue weighted by atomic mass is 9.97. The number of methoxy groups -OCH3 is 1. The number of allylic oxidation sites excluding steroid dienone is 4. The summed E-state index contributed by atoms with van der Waals surface area (Å²) in [6, 6.07) is 0. The van der Waals surface area contributed by atoms with Gasteiger partial charge in [-0.05, 0) is 12.5 Å². The van der Waals surface area contributed by atoms with Crippen molar-refractivity contribution in [2.75, 3.05) is 13.7 Å². The maximum Gasteiger partial charge on any atom is 0.0598 e. The van der Waals surface area contributed by atoms with Crippen molar-refractivity contribution in [3.63, 3.8) is 0 Å². The van der Waals surface area contributed by atoms with Crippen LogP contribution in [0.15, 0.2) is 22.2 Å². The van der Waals surface area contributed by atoms with Crippen LogP contribution in [-0.2, 0) is 4.74 Å². The number of alkyl halides is 1. The molecule has 2 atom stereocenters. The largest absolute Gasteiger partial charge is 0.385 e. The van der Waals surface area contributed by atoms with Gasteiger partial charge in [0.15, 0.2) is 0 Å². The molecule has 0 bridgehead atoms. The number of rotatable bonds is 3. The van der Waals surface area contributed by atoms with E-state index in [4.69, 9.17) is 39.5 Å². The first-order valence-corrected chi connectivity index (χ1v) is 5.22. The quantitative estimate of drug-likeness (QED) is 0.687. The van der Waals surface area contributed by atoms with Crippen molar-refractivity contribution < 1.29 is 4.74 Å². The zero-order valence-corrected chi connectivity index (χ0v) is 9.53. The van der Waals surface area contributed by atoms with Gasteiger partial charge in [0.25, 0.3) is 0 Å². The molecule has 0 aliphatic heterocycles. The van der Waals surface area contributed by atoms with Crippen LogP contribution in [-0.4, -0.2) is 19.1 Å². The van der Waals surface area contributed by atoms with E-state index in [2.05, 4.69) is 0 Å². The van der Waals surface area contributed by atoms with Crippen molar-refractivity contribution >= 4 is 34.8 Å². The normalized spacial score (nSPS) is 28.3. The monoisotopic (exact) mass is 240 g/mol. The third-order valence-corrected chi connectivity index (χ3v) is 3.36. The molecule has 0 radical (unpaired) electrons. The summed E-state index contributed by atoms with van der Waals surface area (Å²) < 4.78 is 4.97. The molecule has 0 saturated carbocycles. The summed E-state index contributed by atoms with van der Waals surface area (Å²) in [5.74, 6) is 0.0841. The lowest BCUT2D eigenvalue weighted by Gasteiger charge is -2.22. The van der Waals surface area contributed by atoms with Gasteiger partial charge in [-0.15, -0.1) is 11.6 Å². The molecular formula is C9H11Cl3O. The molecule has 1 rings (SSSR count). The first-order chi connectivity index (χ1) is 6.16. The Kier molecular flexibility index (Phi) is 4.60. The molecule has 0 aromatic carbocycles. The van der Waals surface area contributed by atoms with Gasteiger partial charge < -0.3 is 4.74 Å². The molecule has 1 nitrogen and oxygen atoms in total. The summed E-state index contributed by atoms with van der Waals surface area (Å²) in [5.41, 5.74) is 0. The Labute approximate surface area is 93.3 Å². The average Bonchev–Trinajstić information content (AvgIpc) is 2.12.